The topological polar surface area (TPSA) is 21.3 Å². The van der Waals surface area contributed by atoms with Crippen LogP contribution in [0, 0.1) is 0 Å². The Balaban J connectivity index is 1.54. The molecule has 2 fully saturated rings. The fraction of sp³-hybridized carbons (Fsp3) is 0.625. The van der Waals surface area contributed by atoms with Gasteiger partial charge in [-0.2, -0.15) is 0 Å². The van der Waals surface area contributed by atoms with Crippen molar-refractivity contribution in [1.82, 2.24) is 0 Å². The highest BCUT2D eigenvalue weighted by Crippen LogP contribution is 2.26. The maximum Gasteiger partial charge on any atom is 0.119 e. The molecule has 0 unspecified atom stereocenters. The van der Waals surface area contributed by atoms with Crippen molar-refractivity contribution in [2.24, 2.45) is 0 Å². The third-order valence-corrected chi connectivity index (χ3v) is 4.19. The van der Waals surface area contributed by atoms with Crippen LogP contribution in [0.15, 0.2) is 24.3 Å². The summed E-state index contributed by atoms with van der Waals surface area (Å²) in [6.07, 6.45) is 10.9. The molecule has 2 aliphatic rings. The summed E-state index contributed by atoms with van der Waals surface area (Å²) in [5.41, 5.74) is 1.24. The Hall–Kier alpha value is -1.18. The molecule has 1 aromatic rings. The fourth-order valence-corrected chi connectivity index (χ4v) is 3.13. The number of anilines is 1. The predicted octanol–water partition coefficient (Wildman–Crippen LogP) is 4.36. The molecule has 0 bridgehead atoms. The summed E-state index contributed by atoms with van der Waals surface area (Å²) >= 11 is 0. The van der Waals surface area contributed by atoms with Gasteiger partial charge in [-0.1, -0.05) is 12.8 Å². The van der Waals surface area contributed by atoms with Crippen molar-refractivity contribution in [3.63, 3.8) is 0 Å². The maximum atomic E-state index is 5.97. The molecule has 0 aromatic heterocycles. The summed E-state index contributed by atoms with van der Waals surface area (Å²) in [6, 6.07) is 9.21. The van der Waals surface area contributed by atoms with Gasteiger partial charge in [0.25, 0.3) is 0 Å². The van der Waals surface area contributed by atoms with Gasteiger partial charge in [0.05, 0.1) is 6.10 Å². The molecule has 0 atom stereocenters. The van der Waals surface area contributed by atoms with Gasteiger partial charge in [0.2, 0.25) is 0 Å². The molecule has 3 rings (SSSR count). The quantitative estimate of drug-likeness (QED) is 0.850. The standard InChI is InChI=1S/C16H23NO/c1-2-6-13(5-1)17-14-9-11-16(12-10-14)18-15-7-3-4-8-15/h9-13,15,17H,1-8H2. The molecule has 2 saturated carbocycles. The smallest absolute Gasteiger partial charge is 0.119 e. The van der Waals surface area contributed by atoms with E-state index in [4.69, 9.17) is 4.74 Å². The molecule has 0 radical (unpaired) electrons. The third-order valence-electron chi connectivity index (χ3n) is 4.19. The van der Waals surface area contributed by atoms with Crippen LogP contribution in [0.25, 0.3) is 0 Å². The zero-order valence-electron chi connectivity index (χ0n) is 11.0. The van der Waals surface area contributed by atoms with E-state index in [0.717, 1.165) is 5.75 Å². The van der Waals surface area contributed by atoms with Crippen LogP contribution in [0.2, 0.25) is 0 Å². The minimum absolute atomic E-state index is 0.457. The van der Waals surface area contributed by atoms with E-state index >= 15 is 0 Å². The van der Waals surface area contributed by atoms with E-state index in [0.29, 0.717) is 12.1 Å². The van der Waals surface area contributed by atoms with Crippen molar-refractivity contribution in [1.29, 1.82) is 0 Å². The fourth-order valence-electron chi connectivity index (χ4n) is 3.13. The molecule has 2 aliphatic carbocycles. The highest BCUT2D eigenvalue weighted by Gasteiger charge is 2.17. The second-order valence-electron chi connectivity index (χ2n) is 5.67. The SMILES string of the molecule is c1cc(OC2CCCC2)ccc1NC1CCCC1. The summed E-state index contributed by atoms with van der Waals surface area (Å²) in [5.74, 6) is 1.03. The molecule has 1 aromatic carbocycles. The van der Waals surface area contributed by atoms with Gasteiger partial charge in [-0.3, -0.25) is 0 Å². The summed E-state index contributed by atoms with van der Waals surface area (Å²) in [7, 11) is 0. The van der Waals surface area contributed by atoms with Crippen molar-refractivity contribution in [3.05, 3.63) is 24.3 Å². The van der Waals surface area contributed by atoms with Crippen molar-refractivity contribution in [3.8, 4) is 5.75 Å². The Kier molecular flexibility index (Phi) is 3.72. The van der Waals surface area contributed by atoms with E-state index in [-0.39, 0.29) is 0 Å². The lowest BCUT2D eigenvalue weighted by atomic mass is 10.2. The number of rotatable bonds is 4. The van der Waals surface area contributed by atoms with E-state index in [2.05, 4.69) is 29.6 Å². The first kappa shape index (κ1) is 11.9. The first-order valence-corrected chi connectivity index (χ1v) is 7.43. The summed E-state index contributed by atoms with van der Waals surface area (Å²) in [5, 5.41) is 3.61. The van der Waals surface area contributed by atoms with E-state index < -0.39 is 0 Å². The van der Waals surface area contributed by atoms with Crippen LogP contribution in [-0.2, 0) is 0 Å². The zero-order valence-corrected chi connectivity index (χ0v) is 11.0. The number of hydrogen-bond acceptors (Lipinski definition) is 2. The molecule has 1 N–H and O–H groups in total. The van der Waals surface area contributed by atoms with Gasteiger partial charge in [-0.15, -0.1) is 0 Å². The second kappa shape index (κ2) is 5.64. The molecule has 18 heavy (non-hydrogen) atoms. The maximum absolute atomic E-state index is 5.97. The monoisotopic (exact) mass is 245 g/mol. The minimum atomic E-state index is 0.457. The van der Waals surface area contributed by atoms with Crippen LogP contribution in [0.5, 0.6) is 5.75 Å². The number of benzene rings is 1. The van der Waals surface area contributed by atoms with Crippen molar-refractivity contribution in [2.45, 2.75) is 63.5 Å². The van der Waals surface area contributed by atoms with Crippen LogP contribution in [0.1, 0.15) is 51.4 Å². The highest BCUT2D eigenvalue weighted by molar-refractivity contribution is 5.47. The Morgan fingerprint density at radius 1 is 0.833 bits per heavy atom. The van der Waals surface area contributed by atoms with Crippen molar-refractivity contribution < 1.29 is 4.74 Å². The Morgan fingerprint density at radius 3 is 2.11 bits per heavy atom. The lowest BCUT2D eigenvalue weighted by molar-refractivity contribution is 0.210. The van der Waals surface area contributed by atoms with Crippen LogP contribution in [-0.4, -0.2) is 12.1 Å². The van der Waals surface area contributed by atoms with E-state index in [1.807, 2.05) is 0 Å². The molecular formula is C16H23NO. The first-order valence-electron chi connectivity index (χ1n) is 7.43. The lowest BCUT2D eigenvalue weighted by Crippen LogP contribution is -2.14. The van der Waals surface area contributed by atoms with Gasteiger partial charge in [0.15, 0.2) is 0 Å². The highest BCUT2D eigenvalue weighted by atomic mass is 16.5. The van der Waals surface area contributed by atoms with Crippen LogP contribution < -0.4 is 10.1 Å². The van der Waals surface area contributed by atoms with Crippen molar-refractivity contribution in [2.75, 3.05) is 5.32 Å². The van der Waals surface area contributed by atoms with Crippen molar-refractivity contribution >= 4 is 5.69 Å². The molecular weight excluding hydrogens is 222 g/mol. The number of nitrogens with one attached hydrogen (secondary N) is 1. The lowest BCUT2D eigenvalue weighted by Gasteiger charge is -2.16. The molecule has 0 saturated heterocycles. The average Bonchev–Trinajstić information content (AvgIpc) is 3.05. The molecule has 2 heteroatoms. The number of hydrogen-bond donors (Lipinski definition) is 1. The van der Waals surface area contributed by atoms with Crippen LogP contribution in [0.4, 0.5) is 5.69 Å². The summed E-state index contributed by atoms with van der Waals surface area (Å²) in [6.45, 7) is 0. The summed E-state index contributed by atoms with van der Waals surface area (Å²) in [4.78, 5) is 0. The van der Waals surface area contributed by atoms with Gasteiger partial charge in [0.1, 0.15) is 5.75 Å². The molecule has 98 valence electrons. The molecule has 2 nitrogen and oxygen atoms in total. The molecule has 0 aliphatic heterocycles. The minimum Gasteiger partial charge on any atom is -0.490 e. The Bertz CT molecular complexity index is 324. The molecule has 0 heterocycles. The van der Waals surface area contributed by atoms with E-state index in [1.165, 1.54) is 57.1 Å². The normalized spacial score (nSPS) is 21.3. The van der Waals surface area contributed by atoms with Crippen LogP contribution in [0.3, 0.4) is 0 Å². The predicted molar refractivity (Wildman–Crippen MR) is 75.2 cm³/mol. The summed E-state index contributed by atoms with van der Waals surface area (Å²) < 4.78 is 5.97. The third kappa shape index (κ3) is 2.98. The van der Waals surface area contributed by atoms with Gasteiger partial charge in [-0.05, 0) is 62.8 Å². The molecule has 0 spiro atoms. The Morgan fingerprint density at radius 2 is 1.44 bits per heavy atom. The van der Waals surface area contributed by atoms with Gasteiger partial charge in [-0.25, -0.2) is 0 Å². The average molecular weight is 245 g/mol. The first-order chi connectivity index (χ1) is 8.90. The van der Waals surface area contributed by atoms with Gasteiger partial charge < -0.3 is 10.1 Å². The van der Waals surface area contributed by atoms with Gasteiger partial charge in [0, 0.05) is 11.7 Å². The second-order valence-corrected chi connectivity index (χ2v) is 5.67. The Labute approximate surface area is 110 Å². The molecule has 0 amide bonds. The van der Waals surface area contributed by atoms with Gasteiger partial charge >= 0.3 is 0 Å². The van der Waals surface area contributed by atoms with Crippen LogP contribution >= 0.6 is 0 Å². The largest absolute Gasteiger partial charge is 0.490 e. The zero-order chi connectivity index (χ0) is 12.2. The van der Waals surface area contributed by atoms with E-state index in [9.17, 15) is 0 Å². The van der Waals surface area contributed by atoms with E-state index in [1.54, 1.807) is 0 Å². The number of ether oxygens (including phenoxy) is 1.